The minimum absolute atomic E-state index is 0.0381. The second kappa shape index (κ2) is 6.14. The molecule has 0 bridgehead atoms. The molecular weight excluding hydrogens is 269 g/mol. The third kappa shape index (κ3) is 2.99. The highest BCUT2D eigenvalue weighted by molar-refractivity contribution is 6.36. The van der Waals surface area contributed by atoms with E-state index < -0.39 is 0 Å². The molecule has 1 atom stereocenters. The molecule has 3 nitrogen and oxygen atoms in total. The molecule has 0 spiro atoms. The summed E-state index contributed by atoms with van der Waals surface area (Å²) >= 11 is 12.3. The van der Waals surface area contributed by atoms with Gasteiger partial charge < -0.3 is 5.32 Å². The molecule has 94 valence electrons. The quantitative estimate of drug-likeness (QED) is 0.935. The van der Waals surface area contributed by atoms with Gasteiger partial charge in [0.2, 0.25) is 0 Å². The van der Waals surface area contributed by atoms with E-state index in [0.29, 0.717) is 16.5 Å². The summed E-state index contributed by atoms with van der Waals surface area (Å²) in [4.78, 5) is 8.37. The lowest BCUT2D eigenvalue weighted by Gasteiger charge is -2.16. The second-order valence-electron chi connectivity index (χ2n) is 3.88. The van der Waals surface area contributed by atoms with Crippen molar-refractivity contribution in [3.8, 4) is 0 Å². The normalized spacial score (nSPS) is 12.4. The van der Waals surface area contributed by atoms with E-state index in [2.05, 4.69) is 15.3 Å². The number of aromatic nitrogens is 2. The van der Waals surface area contributed by atoms with Crippen LogP contribution in [0, 0.1) is 0 Å². The van der Waals surface area contributed by atoms with Crippen LogP contribution >= 0.6 is 23.2 Å². The Labute approximate surface area is 116 Å². The fourth-order valence-electron chi connectivity index (χ4n) is 1.78. The van der Waals surface area contributed by atoms with Crippen LogP contribution in [0.3, 0.4) is 0 Å². The minimum Gasteiger partial charge on any atom is -0.311 e. The van der Waals surface area contributed by atoms with Gasteiger partial charge in [-0.1, -0.05) is 29.3 Å². The van der Waals surface area contributed by atoms with E-state index in [4.69, 9.17) is 23.2 Å². The van der Waals surface area contributed by atoms with Gasteiger partial charge in [0.05, 0.1) is 11.7 Å². The predicted molar refractivity (Wildman–Crippen MR) is 74.0 cm³/mol. The number of likely N-dealkylation sites (N-methyl/N-ethyl adjacent to an activating group) is 1. The van der Waals surface area contributed by atoms with E-state index in [1.165, 1.54) is 0 Å². The maximum Gasteiger partial charge on any atom is 0.0759 e. The van der Waals surface area contributed by atoms with Gasteiger partial charge in [-0.3, -0.25) is 9.97 Å². The Kier molecular flexibility index (Phi) is 4.53. The number of benzene rings is 1. The van der Waals surface area contributed by atoms with Crippen molar-refractivity contribution in [2.45, 2.75) is 12.5 Å². The number of halogens is 2. The Hall–Kier alpha value is -1.16. The molecule has 0 aliphatic heterocycles. The second-order valence-corrected chi connectivity index (χ2v) is 4.69. The predicted octanol–water partition coefficient (Wildman–Crippen LogP) is 3.29. The standard InChI is InChI=1S/C13H13Cl2N3/c1-16-12(13-8-17-5-6-18-13)7-9-10(14)3-2-4-11(9)15/h2-6,8,12,16H,7H2,1H3. The monoisotopic (exact) mass is 281 g/mol. The lowest BCUT2D eigenvalue weighted by atomic mass is 10.0. The van der Waals surface area contributed by atoms with Crippen molar-refractivity contribution in [1.82, 2.24) is 15.3 Å². The largest absolute Gasteiger partial charge is 0.311 e. The topological polar surface area (TPSA) is 37.8 Å². The summed E-state index contributed by atoms with van der Waals surface area (Å²) in [5.41, 5.74) is 1.79. The van der Waals surface area contributed by atoms with E-state index in [-0.39, 0.29) is 6.04 Å². The van der Waals surface area contributed by atoms with Crippen LogP contribution in [0.25, 0.3) is 0 Å². The van der Waals surface area contributed by atoms with Crippen LogP contribution in [-0.2, 0) is 6.42 Å². The van der Waals surface area contributed by atoms with Crippen LogP contribution in [0.5, 0.6) is 0 Å². The summed E-state index contributed by atoms with van der Waals surface area (Å²) in [7, 11) is 1.88. The van der Waals surface area contributed by atoms with Crippen molar-refractivity contribution in [1.29, 1.82) is 0 Å². The summed E-state index contributed by atoms with van der Waals surface area (Å²) in [5, 5.41) is 4.55. The summed E-state index contributed by atoms with van der Waals surface area (Å²) in [5.74, 6) is 0. The van der Waals surface area contributed by atoms with Crippen LogP contribution in [0.1, 0.15) is 17.3 Å². The molecule has 0 saturated carbocycles. The third-order valence-corrected chi connectivity index (χ3v) is 3.47. The third-order valence-electron chi connectivity index (χ3n) is 2.76. The Morgan fingerprint density at radius 2 is 1.94 bits per heavy atom. The molecule has 1 N–H and O–H groups in total. The smallest absolute Gasteiger partial charge is 0.0759 e. The Bertz CT molecular complexity index is 497. The van der Waals surface area contributed by atoms with Gasteiger partial charge in [0, 0.05) is 28.6 Å². The molecule has 1 aromatic heterocycles. The van der Waals surface area contributed by atoms with Crippen molar-refractivity contribution in [2.24, 2.45) is 0 Å². The van der Waals surface area contributed by atoms with Gasteiger partial charge >= 0.3 is 0 Å². The fraction of sp³-hybridized carbons (Fsp3) is 0.231. The summed E-state index contributed by atoms with van der Waals surface area (Å²) in [6.07, 6.45) is 5.74. The SMILES string of the molecule is CNC(Cc1c(Cl)cccc1Cl)c1cnccn1. The average molecular weight is 282 g/mol. The molecule has 1 heterocycles. The molecule has 1 aromatic carbocycles. The van der Waals surface area contributed by atoms with Crippen LogP contribution in [0.4, 0.5) is 0 Å². The zero-order valence-corrected chi connectivity index (χ0v) is 11.4. The van der Waals surface area contributed by atoms with E-state index >= 15 is 0 Å². The highest BCUT2D eigenvalue weighted by atomic mass is 35.5. The summed E-state index contributed by atoms with van der Waals surface area (Å²) in [6, 6.07) is 5.56. The highest BCUT2D eigenvalue weighted by Crippen LogP contribution is 2.28. The molecule has 0 saturated heterocycles. The average Bonchev–Trinajstić information content (AvgIpc) is 2.40. The van der Waals surface area contributed by atoms with Crippen molar-refractivity contribution >= 4 is 23.2 Å². The first-order valence-electron chi connectivity index (χ1n) is 5.58. The highest BCUT2D eigenvalue weighted by Gasteiger charge is 2.15. The Morgan fingerprint density at radius 3 is 2.50 bits per heavy atom. The van der Waals surface area contributed by atoms with Gasteiger partial charge in [0.1, 0.15) is 0 Å². The number of hydrogen-bond donors (Lipinski definition) is 1. The first kappa shape index (κ1) is 13.3. The van der Waals surface area contributed by atoms with E-state index in [1.807, 2.05) is 25.2 Å². The maximum absolute atomic E-state index is 6.17. The van der Waals surface area contributed by atoms with Crippen molar-refractivity contribution in [3.05, 3.63) is 58.1 Å². The lowest BCUT2D eigenvalue weighted by Crippen LogP contribution is -2.20. The molecule has 0 amide bonds. The van der Waals surface area contributed by atoms with Gasteiger partial charge in [-0.25, -0.2) is 0 Å². The van der Waals surface area contributed by atoms with E-state index in [1.54, 1.807) is 18.6 Å². The lowest BCUT2D eigenvalue weighted by molar-refractivity contribution is 0.573. The molecular formula is C13H13Cl2N3. The molecule has 5 heteroatoms. The molecule has 0 fully saturated rings. The zero-order valence-electron chi connectivity index (χ0n) is 9.90. The zero-order chi connectivity index (χ0) is 13.0. The molecule has 0 radical (unpaired) electrons. The van der Waals surface area contributed by atoms with E-state index in [0.717, 1.165) is 11.3 Å². The van der Waals surface area contributed by atoms with Crippen LogP contribution in [0.15, 0.2) is 36.8 Å². The first-order chi connectivity index (χ1) is 8.72. The van der Waals surface area contributed by atoms with Crippen LogP contribution < -0.4 is 5.32 Å². The van der Waals surface area contributed by atoms with Gasteiger partial charge in [0.15, 0.2) is 0 Å². The van der Waals surface area contributed by atoms with Crippen molar-refractivity contribution in [3.63, 3.8) is 0 Å². The molecule has 2 aromatic rings. The van der Waals surface area contributed by atoms with Gasteiger partial charge in [-0.2, -0.15) is 0 Å². The fourth-order valence-corrected chi connectivity index (χ4v) is 2.33. The van der Waals surface area contributed by atoms with E-state index in [9.17, 15) is 0 Å². The maximum atomic E-state index is 6.17. The number of nitrogens with zero attached hydrogens (tertiary/aromatic N) is 2. The molecule has 1 unspecified atom stereocenters. The number of hydrogen-bond acceptors (Lipinski definition) is 3. The van der Waals surface area contributed by atoms with Gasteiger partial charge in [-0.15, -0.1) is 0 Å². The Morgan fingerprint density at radius 1 is 1.22 bits per heavy atom. The summed E-state index contributed by atoms with van der Waals surface area (Å²) in [6.45, 7) is 0. The van der Waals surface area contributed by atoms with Gasteiger partial charge in [-0.05, 0) is 31.2 Å². The number of rotatable bonds is 4. The first-order valence-corrected chi connectivity index (χ1v) is 6.34. The molecule has 0 aliphatic rings. The minimum atomic E-state index is 0.0381. The van der Waals surface area contributed by atoms with Crippen molar-refractivity contribution in [2.75, 3.05) is 7.05 Å². The molecule has 0 aliphatic carbocycles. The molecule has 18 heavy (non-hydrogen) atoms. The van der Waals surface area contributed by atoms with Crippen molar-refractivity contribution < 1.29 is 0 Å². The van der Waals surface area contributed by atoms with Crippen LogP contribution in [0.2, 0.25) is 10.0 Å². The Balaban J connectivity index is 2.26. The summed E-state index contributed by atoms with van der Waals surface area (Å²) < 4.78 is 0. The van der Waals surface area contributed by atoms with Crippen LogP contribution in [-0.4, -0.2) is 17.0 Å². The molecule has 2 rings (SSSR count). The number of nitrogens with one attached hydrogen (secondary N) is 1. The van der Waals surface area contributed by atoms with Gasteiger partial charge in [0.25, 0.3) is 0 Å².